The molecule has 0 rings (SSSR count). The minimum Gasteiger partial charge on any atom is -0.748 e. The first-order valence-corrected chi connectivity index (χ1v) is 7.21. The van der Waals surface area contributed by atoms with Crippen LogP contribution < -0.4 is 51.4 Å². The van der Waals surface area contributed by atoms with Crippen LogP contribution in [0.5, 0.6) is 0 Å². The van der Waals surface area contributed by atoms with Gasteiger partial charge in [0.05, 0.1) is 10.1 Å². The van der Waals surface area contributed by atoms with Crippen LogP contribution >= 0.6 is 0 Å². The van der Waals surface area contributed by atoms with Crippen LogP contribution in [0, 0.1) is 0 Å². The Morgan fingerprint density at radius 2 is 1.29 bits per heavy atom. The van der Waals surface area contributed by atoms with Gasteiger partial charge in [-0.05, 0) is 12.8 Å². The molecule has 0 unspecified atom stereocenters. The van der Waals surface area contributed by atoms with Crippen LogP contribution in [0.3, 0.4) is 0 Å². The van der Waals surface area contributed by atoms with E-state index >= 15 is 0 Å². The molecule has 0 bridgehead atoms. The fourth-order valence-electron chi connectivity index (χ4n) is 1.46. The minimum atomic E-state index is -4.07. The molecule has 0 aromatic heterocycles. The van der Waals surface area contributed by atoms with Gasteiger partial charge < -0.3 is 4.55 Å². The van der Waals surface area contributed by atoms with E-state index < -0.39 is 16.5 Å². The fourth-order valence-corrected chi connectivity index (χ4v) is 2.02. The van der Waals surface area contributed by atoms with Gasteiger partial charge in [0.25, 0.3) is 0 Å². The zero-order valence-corrected chi connectivity index (χ0v) is 14.3. The van der Waals surface area contributed by atoms with Crippen molar-refractivity contribution in [3.63, 3.8) is 0 Å². The maximum atomic E-state index is 11.7. The van der Waals surface area contributed by atoms with Crippen molar-refractivity contribution < 1.29 is 73.1 Å². The number of unbranched alkanes of at least 4 members (excludes halogenated alkanes) is 6. The van der Waals surface area contributed by atoms with Gasteiger partial charge in [0.2, 0.25) is 6.43 Å². The summed E-state index contributed by atoms with van der Waals surface area (Å²) in [6.45, 7) is 0. The van der Waals surface area contributed by atoms with E-state index in [1.165, 1.54) is 0 Å². The molecular formula is C10H19F2KO3S. The molecule has 0 spiro atoms. The van der Waals surface area contributed by atoms with Gasteiger partial charge in [0.1, 0.15) is 0 Å². The first-order valence-electron chi connectivity index (χ1n) is 5.63. The molecular weight excluding hydrogens is 277 g/mol. The van der Waals surface area contributed by atoms with Crippen molar-refractivity contribution in [3.05, 3.63) is 0 Å². The van der Waals surface area contributed by atoms with E-state index in [1.54, 1.807) is 0 Å². The average molecular weight is 296 g/mol. The Hall–Kier alpha value is 1.41. The number of rotatable bonds is 10. The summed E-state index contributed by atoms with van der Waals surface area (Å²) in [6.07, 6.45) is 2.91. The van der Waals surface area contributed by atoms with Crippen molar-refractivity contribution in [2.24, 2.45) is 0 Å². The normalized spacial score (nSPS) is 11.5. The van der Waals surface area contributed by atoms with Gasteiger partial charge in [-0.1, -0.05) is 32.1 Å². The van der Waals surface area contributed by atoms with Crippen LogP contribution in [0.25, 0.3) is 0 Å². The first kappa shape index (κ1) is 20.7. The molecule has 0 aliphatic rings. The summed E-state index contributed by atoms with van der Waals surface area (Å²) in [5, 5.41) is 0. The molecule has 0 saturated carbocycles. The molecule has 0 atom stereocenters. The topological polar surface area (TPSA) is 57.2 Å². The largest absolute Gasteiger partial charge is 1.00 e. The van der Waals surface area contributed by atoms with Crippen LogP contribution in [0.4, 0.5) is 8.78 Å². The van der Waals surface area contributed by atoms with Crippen molar-refractivity contribution in [1.29, 1.82) is 0 Å². The average Bonchev–Trinajstić information content (AvgIpc) is 2.13. The summed E-state index contributed by atoms with van der Waals surface area (Å²) in [5.74, 6) is -0.293. The Balaban J connectivity index is 0. The zero-order chi connectivity index (χ0) is 12.4. The van der Waals surface area contributed by atoms with E-state index in [2.05, 4.69) is 0 Å². The van der Waals surface area contributed by atoms with Crippen molar-refractivity contribution in [3.8, 4) is 0 Å². The van der Waals surface area contributed by atoms with Crippen LogP contribution in [-0.4, -0.2) is 25.1 Å². The second-order valence-electron chi connectivity index (χ2n) is 3.92. The Labute approximate surface area is 145 Å². The Morgan fingerprint density at radius 3 is 1.71 bits per heavy atom. The molecule has 0 aliphatic heterocycles. The van der Waals surface area contributed by atoms with Crippen molar-refractivity contribution >= 4 is 10.1 Å². The van der Waals surface area contributed by atoms with E-state index in [0.717, 1.165) is 32.1 Å². The Bertz CT molecular complexity index is 258. The summed E-state index contributed by atoms with van der Waals surface area (Å²) in [6, 6.07) is 0. The van der Waals surface area contributed by atoms with Gasteiger partial charge in [0, 0.05) is 12.2 Å². The van der Waals surface area contributed by atoms with E-state index in [0.29, 0.717) is 12.8 Å². The number of halogens is 2. The third-order valence-corrected chi connectivity index (χ3v) is 3.11. The number of alkyl halides is 2. The fraction of sp³-hybridized carbons (Fsp3) is 1.00. The van der Waals surface area contributed by atoms with Gasteiger partial charge in [0.15, 0.2) is 0 Å². The summed E-state index contributed by atoms with van der Waals surface area (Å²) in [5.41, 5.74) is 0. The predicted molar refractivity (Wildman–Crippen MR) is 57.5 cm³/mol. The third-order valence-electron chi connectivity index (χ3n) is 2.32. The molecule has 0 aromatic rings. The molecule has 0 aromatic carbocycles. The molecule has 0 heterocycles. The molecule has 0 saturated heterocycles. The molecule has 0 amide bonds. The molecule has 0 N–H and O–H groups in total. The molecule has 3 nitrogen and oxygen atoms in total. The van der Waals surface area contributed by atoms with Gasteiger partial charge in [-0.25, -0.2) is 17.2 Å². The monoisotopic (exact) mass is 296 g/mol. The zero-order valence-electron chi connectivity index (χ0n) is 10.3. The summed E-state index contributed by atoms with van der Waals surface area (Å²) < 4.78 is 54.2. The van der Waals surface area contributed by atoms with Crippen LogP contribution in [-0.2, 0) is 10.1 Å². The maximum absolute atomic E-state index is 11.7. The quantitative estimate of drug-likeness (QED) is 0.322. The van der Waals surface area contributed by atoms with Crippen LogP contribution in [0.15, 0.2) is 0 Å². The maximum Gasteiger partial charge on any atom is 1.00 e. The number of hydrogen-bond acceptors (Lipinski definition) is 3. The second-order valence-corrected chi connectivity index (χ2v) is 5.44. The molecule has 0 radical (unpaired) electrons. The van der Waals surface area contributed by atoms with E-state index in [1.807, 2.05) is 0 Å². The Morgan fingerprint density at radius 1 is 0.882 bits per heavy atom. The summed E-state index contributed by atoms with van der Waals surface area (Å²) in [7, 11) is -4.07. The SMILES string of the molecule is O=S(=O)([O-])CCCCCCCCCC(F)F.[K+]. The summed E-state index contributed by atoms with van der Waals surface area (Å²) in [4.78, 5) is 0. The van der Waals surface area contributed by atoms with Gasteiger partial charge >= 0.3 is 51.4 Å². The number of hydrogen-bond donors (Lipinski definition) is 0. The van der Waals surface area contributed by atoms with Crippen molar-refractivity contribution in [2.75, 3.05) is 5.75 Å². The minimum absolute atomic E-state index is 0. The van der Waals surface area contributed by atoms with E-state index in [-0.39, 0.29) is 63.6 Å². The molecule has 98 valence electrons. The Kier molecular flexibility index (Phi) is 15.2. The van der Waals surface area contributed by atoms with Crippen LogP contribution in [0.1, 0.15) is 51.4 Å². The van der Waals surface area contributed by atoms with Gasteiger partial charge in [-0.15, -0.1) is 0 Å². The smallest absolute Gasteiger partial charge is 0.748 e. The van der Waals surface area contributed by atoms with E-state index in [9.17, 15) is 21.8 Å². The molecule has 7 heteroatoms. The van der Waals surface area contributed by atoms with E-state index in [4.69, 9.17) is 0 Å². The predicted octanol–water partition coefficient (Wildman–Crippen LogP) is -0.0785. The van der Waals surface area contributed by atoms with Crippen LogP contribution in [0.2, 0.25) is 0 Å². The van der Waals surface area contributed by atoms with Crippen molar-refractivity contribution in [1.82, 2.24) is 0 Å². The van der Waals surface area contributed by atoms with Gasteiger partial charge in [-0.2, -0.15) is 0 Å². The van der Waals surface area contributed by atoms with Gasteiger partial charge in [-0.3, -0.25) is 0 Å². The second kappa shape index (κ2) is 12.4. The first-order chi connectivity index (χ1) is 7.42. The standard InChI is InChI=1S/C10H20F2O3S.K/c11-10(12)8-6-4-2-1-3-5-7-9-16(13,14)15;/h10H,1-9H2,(H,13,14,15);/q;+1/p-1. The molecule has 0 aliphatic carbocycles. The molecule has 0 fully saturated rings. The van der Waals surface area contributed by atoms with Crippen molar-refractivity contribution in [2.45, 2.75) is 57.8 Å². The third kappa shape index (κ3) is 19.9. The summed E-state index contributed by atoms with van der Waals surface area (Å²) >= 11 is 0. The molecule has 17 heavy (non-hydrogen) atoms.